The number of esters is 2. The predicted octanol–water partition coefficient (Wildman–Crippen LogP) is 1.25. The van der Waals surface area contributed by atoms with Crippen LogP contribution in [0.5, 0.6) is 0 Å². The highest BCUT2D eigenvalue weighted by Crippen LogP contribution is 2.16. The Morgan fingerprint density at radius 3 is 2.69 bits per heavy atom. The third kappa shape index (κ3) is 3.34. The van der Waals surface area contributed by atoms with Gasteiger partial charge < -0.3 is 9.47 Å². The summed E-state index contributed by atoms with van der Waals surface area (Å²) in [7, 11) is 0. The first-order valence-electron chi connectivity index (χ1n) is 4.90. The minimum atomic E-state index is -1.08. The normalized spacial score (nSPS) is 11.6. The topological polar surface area (TPSA) is 65.5 Å². The van der Waals surface area contributed by atoms with Crippen LogP contribution in [-0.4, -0.2) is 23.5 Å². The maximum Gasteiger partial charge on any atom is 0.353 e. The Labute approximate surface area is 93.4 Å². The quantitative estimate of drug-likeness (QED) is 0.719. The van der Waals surface area contributed by atoms with Crippen LogP contribution in [0.15, 0.2) is 24.4 Å². The Hall–Kier alpha value is -1.91. The molecule has 0 fully saturated rings. The van der Waals surface area contributed by atoms with Gasteiger partial charge in [-0.2, -0.15) is 0 Å². The average Bonchev–Trinajstić information content (AvgIpc) is 2.27. The first-order valence-corrected chi connectivity index (χ1v) is 4.90. The summed E-state index contributed by atoms with van der Waals surface area (Å²) >= 11 is 0. The van der Waals surface area contributed by atoms with Gasteiger partial charge in [0.1, 0.15) is 0 Å². The minimum Gasteiger partial charge on any atom is -0.463 e. The summed E-state index contributed by atoms with van der Waals surface area (Å²) in [6.07, 6.45) is 0.434. The summed E-state index contributed by atoms with van der Waals surface area (Å²) in [5.74, 6) is -1.17. The monoisotopic (exact) mass is 223 g/mol. The predicted molar refractivity (Wildman–Crippen MR) is 55.4 cm³/mol. The molecule has 5 nitrogen and oxygen atoms in total. The van der Waals surface area contributed by atoms with E-state index in [2.05, 4.69) is 4.98 Å². The van der Waals surface area contributed by atoms with E-state index in [1.54, 1.807) is 25.1 Å². The van der Waals surface area contributed by atoms with Crippen molar-refractivity contribution in [1.29, 1.82) is 0 Å². The third-order valence-electron chi connectivity index (χ3n) is 1.74. The second-order valence-corrected chi connectivity index (χ2v) is 3.00. The van der Waals surface area contributed by atoms with Crippen LogP contribution in [0.2, 0.25) is 0 Å². The van der Waals surface area contributed by atoms with E-state index < -0.39 is 18.0 Å². The molecule has 0 spiro atoms. The number of aromatic nitrogens is 1. The van der Waals surface area contributed by atoms with Crippen molar-refractivity contribution in [1.82, 2.24) is 4.98 Å². The van der Waals surface area contributed by atoms with Crippen molar-refractivity contribution in [3.05, 3.63) is 30.1 Å². The van der Waals surface area contributed by atoms with E-state index >= 15 is 0 Å². The van der Waals surface area contributed by atoms with E-state index in [4.69, 9.17) is 9.47 Å². The summed E-state index contributed by atoms with van der Waals surface area (Å²) < 4.78 is 9.68. The van der Waals surface area contributed by atoms with Gasteiger partial charge in [-0.25, -0.2) is 4.79 Å². The lowest BCUT2D eigenvalue weighted by Gasteiger charge is -2.14. The van der Waals surface area contributed by atoms with E-state index in [0.717, 1.165) is 0 Å². The van der Waals surface area contributed by atoms with E-state index in [1.807, 2.05) is 0 Å². The molecule has 16 heavy (non-hydrogen) atoms. The third-order valence-corrected chi connectivity index (χ3v) is 1.74. The van der Waals surface area contributed by atoms with Crippen molar-refractivity contribution < 1.29 is 19.1 Å². The number of ether oxygens (including phenoxy) is 2. The van der Waals surface area contributed by atoms with Crippen LogP contribution in [0, 0.1) is 0 Å². The van der Waals surface area contributed by atoms with Gasteiger partial charge in [-0.15, -0.1) is 0 Å². The molecule has 86 valence electrons. The van der Waals surface area contributed by atoms with Crippen LogP contribution >= 0.6 is 0 Å². The molecule has 1 rings (SSSR count). The van der Waals surface area contributed by atoms with Gasteiger partial charge in [0.05, 0.1) is 12.3 Å². The van der Waals surface area contributed by atoms with E-state index in [-0.39, 0.29) is 6.61 Å². The van der Waals surface area contributed by atoms with Crippen LogP contribution in [-0.2, 0) is 19.1 Å². The van der Waals surface area contributed by atoms with Gasteiger partial charge in [0.15, 0.2) is 0 Å². The fourth-order valence-corrected chi connectivity index (χ4v) is 1.14. The van der Waals surface area contributed by atoms with Gasteiger partial charge >= 0.3 is 11.9 Å². The van der Waals surface area contributed by atoms with E-state index in [1.165, 1.54) is 13.1 Å². The number of carbonyl (C=O) groups is 2. The van der Waals surface area contributed by atoms with Crippen molar-refractivity contribution in [3.8, 4) is 0 Å². The Morgan fingerprint density at radius 1 is 1.44 bits per heavy atom. The van der Waals surface area contributed by atoms with Crippen molar-refractivity contribution in [2.24, 2.45) is 0 Å². The van der Waals surface area contributed by atoms with Crippen molar-refractivity contribution >= 4 is 11.9 Å². The lowest BCUT2D eigenvalue weighted by Crippen LogP contribution is -2.21. The van der Waals surface area contributed by atoms with Gasteiger partial charge in [-0.1, -0.05) is 6.07 Å². The Bertz CT molecular complexity index is 364. The van der Waals surface area contributed by atoms with Gasteiger partial charge in [0.25, 0.3) is 0 Å². The van der Waals surface area contributed by atoms with E-state index in [9.17, 15) is 9.59 Å². The van der Waals surface area contributed by atoms with Gasteiger partial charge in [0, 0.05) is 13.1 Å². The number of nitrogens with zero attached hydrogens (tertiary/aromatic N) is 1. The lowest BCUT2D eigenvalue weighted by atomic mass is 10.2. The molecule has 5 heteroatoms. The number of hydrogen-bond donors (Lipinski definition) is 0. The molecule has 1 aromatic heterocycles. The molecule has 1 atom stereocenters. The zero-order chi connectivity index (χ0) is 12.0. The van der Waals surface area contributed by atoms with Crippen molar-refractivity contribution in [2.75, 3.05) is 6.61 Å². The van der Waals surface area contributed by atoms with Crippen molar-refractivity contribution in [3.63, 3.8) is 0 Å². The van der Waals surface area contributed by atoms with Crippen LogP contribution in [0.1, 0.15) is 25.6 Å². The molecule has 1 unspecified atom stereocenters. The molecule has 1 aromatic rings. The van der Waals surface area contributed by atoms with Crippen molar-refractivity contribution in [2.45, 2.75) is 20.0 Å². The maximum absolute atomic E-state index is 11.5. The minimum absolute atomic E-state index is 0.226. The Balaban J connectivity index is 2.87. The van der Waals surface area contributed by atoms with E-state index in [0.29, 0.717) is 5.69 Å². The summed E-state index contributed by atoms with van der Waals surface area (Å²) in [5, 5.41) is 0. The summed E-state index contributed by atoms with van der Waals surface area (Å²) in [4.78, 5) is 26.4. The average molecular weight is 223 g/mol. The molecule has 0 aromatic carbocycles. The number of rotatable bonds is 4. The second kappa shape index (κ2) is 5.85. The second-order valence-electron chi connectivity index (χ2n) is 3.00. The zero-order valence-electron chi connectivity index (χ0n) is 9.17. The lowest BCUT2D eigenvalue weighted by molar-refractivity contribution is -0.167. The molecule has 0 aliphatic carbocycles. The number of hydrogen-bond acceptors (Lipinski definition) is 5. The largest absolute Gasteiger partial charge is 0.463 e. The number of pyridine rings is 1. The van der Waals surface area contributed by atoms with Gasteiger partial charge in [0.2, 0.25) is 6.10 Å². The molecule has 0 aliphatic heterocycles. The highest BCUT2D eigenvalue weighted by Gasteiger charge is 2.26. The van der Waals surface area contributed by atoms with Gasteiger partial charge in [-0.05, 0) is 19.1 Å². The standard InChI is InChI=1S/C11H13NO4/c1-3-15-11(14)10(16-8(2)13)9-6-4-5-7-12-9/h4-7,10H,3H2,1-2H3. The van der Waals surface area contributed by atoms with Crippen LogP contribution in [0.3, 0.4) is 0 Å². The molecular formula is C11H13NO4. The van der Waals surface area contributed by atoms with Crippen LogP contribution < -0.4 is 0 Å². The smallest absolute Gasteiger partial charge is 0.353 e. The van der Waals surface area contributed by atoms with Crippen LogP contribution in [0.4, 0.5) is 0 Å². The molecule has 0 radical (unpaired) electrons. The Kier molecular flexibility index (Phi) is 4.44. The summed E-state index contributed by atoms with van der Waals surface area (Å²) in [6, 6.07) is 5.02. The molecule has 0 amide bonds. The molecule has 0 N–H and O–H groups in total. The fraction of sp³-hybridized carbons (Fsp3) is 0.364. The fourth-order valence-electron chi connectivity index (χ4n) is 1.14. The maximum atomic E-state index is 11.5. The highest BCUT2D eigenvalue weighted by molar-refractivity contribution is 5.79. The molecule has 0 saturated heterocycles. The zero-order valence-corrected chi connectivity index (χ0v) is 9.17. The summed E-state index contributed by atoms with van der Waals surface area (Å²) in [6.45, 7) is 3.14. The van der Waals surface area contributed by atoms with Crippen LogP contribution in [0.25, 0.3) is 0 Å². The first kappa shape index (κ1) is 12.2. The SMILES string of the molecule is CCOC(=O)C(OC(C)=O)c1ccccn1. The highest BCUT2D eigenvalue weighted by atomic mass is 16.6. The Morgan fingerprint density at radius 2 is 2.19 bits per heavy atom. The molecule has 0 aliphatic rings. The summed E-state index contributed by atoms with van der Waals surface area (Å²) in [5.41, 5.74) is 0.358. The molecular weight excluding hydrogens is 210 g/mol. The molecule has 1 heterocycles. The molecule has 0 saturated carbocycles. The molecule has 0 bridgehead atoms. The first-order chi connectivity index (χ1) is 7.65. The number of carbonyl (C=O) groups excluding carboxylic acids is 2. The van der Waals surface area contributed by atoms with Gasteiger partial charge in [-0.3, -0.25) is 9.78 Å².